The van der Waals surface area contributed by atoms with Crippen LogP contribution in [-0.4, -0.2) is 79.8 Å². The third kappa shape index (κ3) is 6.89. The lowest BCUT2D eigenvalue weighted by atomic mass is 10.0. The molecule has 2 fully saturated rings. The second-order valence-electron chi connectivity index (χ2n) is 13.0. The summed E-state index contributed by atoms with van der Waals surface area (Å²) < 4.78 is 22.0. The molecular formula is C36H33Cl2FN8O6. The highest BCUT2D eigenvalue weighted by atomic mass is 35.5. The Morgan fingerprint density at radius 1 is 1.08 bits per heavy atom. The van der Waals surface area contributed by atoms with E-state index in [0.29, 0.717) is 42.7 Å². The summed E-state index contributed by atoms with van der Waals surface area (Å²) in [5, 5.41) is 9.89. The molecule has 7 rings (SSSR count). The predicted molar refractivity (Wildman–Crippen MR) is 192 cm³/mol. The van der Waals surface area contributed by atoms with Gasteiger partial charge in [0.05, 0.1) is 34.9 Å². The Morgan fingerprint density at radius 2 is 1.85 bits per heavy atom. The molecule has 0 bridgehead atoms. The molecule has 2 saturated heterocycles. The van der Waals surface area contributed by atoms with Crippen LogP contribution in [0.2, 0.25) is 10.0 Å². The van der Waals surface area contributed by atoms with Crippen LogP contribution in [0.4, 0.5) is 15.9 Å². The first-order chi connectivity index (χ1) is 25.4. The number of piperidine rings is 2. The molecule has 2 atom stereocenters. The average Bonchev–Trinajstić information content (AvgIpc) is 3.73. The molecule has 2 aromatic heterocycles. The number of nitrogens with one attached hydrogen (secondary N) is 2. The Labute approximate surface area is 312 Å². The van der Waals surface area contributed by atoms with Crippen LogP contribution < -0.4 is 21.1 Å². The van der Waals surface area contributed by atoms with Crippen molar-refractivity contribution in [3.8, 4) is 16.9 Å². The number of hydrogen-bond donors (Lipinski definition) is 3. The number of likely N-dealkylation sites (tertiary alicyclic amines) is 1. The number of anilines is 2. The van der Waals surface area contributed by atoms with E-state index in [1.807, 2.05) is 10.9 Å². The summed E-state index contributed by atoms with van der Waals surface area (Å²) in [6.45, 7) is 2.51. The topological polar surface area (TPSA) is 182 Å². The molecule has 4 aromatic rings. The number of pyridine rings is 1. The van der Waals surface area contributed by atoms with Crippen molar-refractivity contribution in [3.05, 3.63) is 87.5 Å². The zero-order valence-corrected chi connectivity index (χ0v) is 29.8. The quantitative estimate of drug-likeness (QED) is 0.158. The maximum atomic E-state index is 14.1. The largest absolute Gasteiger partial charge is 0.482 e. The minimum absolute atomic E-state index is 0.0184. The summed E-state index contributed by atoms with van der Waals surface area (Å²) in [5.41, 5.74) is 8.38. The van der Waals surface area contributed by atoms with E-state index in [0.717, 1.165) is 10.5 Å². The third-order valence-electron chi connectivity index (χ3n) is 9.70. The van der Waals surface area contributed by atoms with Crippen molar-refractivity contribution in [2.45, 2.75) is 50.8 Å². The summed E-state index contributed by atoms with van der Waals surface area (Å²) >= 11 is 12.4. The summed E-state index contributed by atoms with van der Waals surface area (Å²) in [4.78, 5) is 70.7. The fraction of sp³-hybridized carbons (Fsp3) is 0.306. The van der Waals surface area contributed by atoms with Gasteiger partial charge in [0.25, 0.3) is 11.8 Å². The van der Waals surface area contributed by atoms with Gasteiger partial charge >= 0.3 is 0 Å². The molecule has 0 saturated carbocycles. The van der Waals surface area contributed by atoms with E-state index >= 15 is 0 Å². The van der Waals surface area contributed by atoms with Crippen molar-refractivity contribution in [3.63, 3.8) is 0 Å². The van der Waals surface area contributed by atoms with E-state index < -0.39 is 41.6 Å². The number of ether oxygens (including phenoxy) is 1. The van der Waals surface area contributed by atoms with Gasteiger partial charge in [-0.2, -0.15) is 5.10 Å². The van der Waals surface area contributed by atoms with Gasteiger partial charge in [0.2, 0.25) is 17.7 Å². The maximum absolute atomic E-state index is 14.1. The molecular weight excluding hydrogens is 730 g/mol. The van der Waals surface area contributed by atoms with E-state index in [4.69, 9.17) is 33.7 Å². The maximum Gasteiger partial charge on any atom is 0.264 e. The summed E-state index contributed by atoms with van der Waals surface area (Å²) in [7, 11) is 0. The molecule has 53 heavy (non-hydrogen) atoms. The zero-order valence-electron chi connectivity index (χ0n) is 28.3. The number of carbonyl (C=O) groups excluding carboxylic acids is 5. The minimum Gasteiger partial charge on any atom is -0.482 e. The van der Waals surface area contributed by atoms with Crippen LogP contribution in [0.5, 0.6) is 5.75 Å². The lowest BCUT2D eigenvalue weighted by Crippen LogP contribution is -2.54. The lowest BCUT2D eigenvalue weighted by molar-refractivity contribution is -0.136. The van der Waals surface area contributed by atoms with Crippen molar-refractivity contribution >= 4 is 64.2 Å². The number of nitrogen functional groups attached to an aromatic ring is 1. The summed E-state index contributed by atoms with van der Waals surface area (Å²) in [5.74, 6) is -2.82. The van der Waals surface area contributed by atoms with Crippen molar-refractivity contribution in [2.75, 3.05) is 30.7 Å². The van der Waals surface area contributed by atoms with Crippen molar-refractivity contribution in [1.82, 2.24) is 29.9 Å². The number of fused-ring (bicyclic) bond motifs is 1. The Bertz CT molecular complexity index is 2170. The fourth-order valence-corrected chi connectivity index (χ4v) is 7.56. The zero-order chi connectivity index (χ0) is 37.6. The smallest absolute Gasteiger partial charge is 0.264 e. The molecule has 0 radical (unpaired) electrons. The Morgan fingerprint density at radius 3 is 2.60 bits per heavy atom. The summed E-state index contributed by atoms with van der Waals surface area (Å²) in [6, 6.07) is 7.95. The van der Waals surface area contributed by atoms with E-state index in [1.54, 1.807) is 42.4 Å². The molecule has 0 spiro atoms. The van der Waals surface area contributed by atoms with Crippen LogP contribution in [-0.2, 0) is 14.4 Å². The van der Waals surface area contributed by atoms with Gasteiger partial charge in [-0.25, -0.2) is 9.37 Å². The monoisotopic (exact) mass is 762 g/mol. The van der Waals surface area contributed by atoms with Crippen LogP contribution in [0.1, 0.15) is 71.0 Å². The SMILES string of the molecule is CC(Oc1cc(-c2cnn(C3CCN(C(=O)CNc4cccc5c4C(=O)N(C4CCC(=O)NC4=O)C5=O)CC3)c2)cnc1N)c1c(Cl)ccc(F)c1Cl. The lowest BCUT2D eigenvalue weighted by Gasteiger charge is -2.32. The van der Waals surface area contributed by atoms with Crippen LogP contribution in [0, 0.1) is 5.82 Å². The second kappa shape index (κ2) is 14.5. The highest BCUT2D eigenvalue weighted by molar-refractivity contribution is 6.36. The first-order valence-corrected chi connectivity index (χ1v) is 17.6. The van der Waals surface area contributed by atoms with Crippen LogP contribution in [0.25, 0.3) is 11.1 Å². The molecule has 3 aliphatic heterocycles. The van der Waals surface area contributed by atoms with Crippen LogP contribution >= 0.6 is 23.2 Å². The van der Waals surface area contributed by atoms with E-state index in [-0.39, 0.29) is 64.1 Å². The molecule has 4 N–H and O–H groups in total. The predicted octanol–water partition coefficient (Wildman–Crippen LogP) is 4.79. The number of rotatable bonds is 9. The number of carbonyl (C=O) groups is 5. The standard InChI is InChI=1S/C36H33Cl2FN8O6/c1-18(30-23(37)5-6-24(39)32(30)38)53-27-13-19(14-42-33(27)40)20-15-43-46(17-20)21-9-11-45(12-10-21)29(49)16-41-25-4-2-3-22-31(25)36(52)47(35(22)51)26-7-8-28(48)44-34(26)50/h2-6,13-15,17-18,21,26,41H,7-12,16H2,1H3,(H2,40,42)(H,44,48,50). The Kier molecular flexibility index (Phi) is 9.79. The molecule has 2 unspecified atom stereocenters. The molecule has 2 aromatic carbocycles. The van der Waals surface area contributed by atoms with Gasteiger partial charge in [0.1, 0.15) is 18.0 Å². The number of nitrogens with two attached hydrogens (primary N) is 1. The molecule has 17 heteroatoms. The van der Waals surface area contributed by atoms with Gasteiger partial charge in [-0.05, 0) is 56.5 Å². The molecule has 3 aliphatic rings. The van der Waals surface area contributed by atoms with Crippen molar-refractivity contribution in [2.24, 2.45) is 0 Å². The average molecular weight is 764 g/mol. The highest BCUT2D eigenvalue weighted by Crippen LogP contribution is 2.37. The van der Waals surface area contributed by atoms with Crippen LogP contribution in [0.15, 0.2) is 55.0 Å². The van der Waals surface area contributed by atoms with Crippen LogP contribution in [0.3, 0.4) is 0 Å². The normalized spacial score (nSPS) is 18.2. The van der Waals surface area contributed by atoms with Gasteiger partial charge in [-0.15, -0.1) is 0 Å². The summed E-state index contributed by atoms with van der Waals surface area (Å²) in [6.07, 6.45) is 5.81. The molecule has 5 amide bonds. The number of imide groups is 2. The number of amides is 5. The van der Waals surface area contributed by atoms with Gasteiger partial charge < -0.3 is 20.7 Å². The third-order valence-corrected chi connectivity index (χ3v) is 10.4. The van der Waals surface area contributed by atoms with Crippen molar-refractivity contribution < 1.29 is 33.1 Å². The molecule has 5 heterocycles. The number of benzene rings is 2. The molecule has 0 aliphatic carbocycles. The first-order valence-electron chi connectivity index (χ1n) is 16.9. The Balaban J connectivity index is 0.956. The van der Waals surface area contributed by atoms with E-state index in [9.17, 15) is 28.4 Å². The van der Waals surface area contributed by atoms with Gasteiger partial charge in [0.15, 0.2) is 11.6 Å². The highest BCUT2D eigenvalue weighted by Gasteiger charge is 2.45. The number of nitrogens with zero attached hydrogens (tertiary/aromatic N) is 5. The number of aromatic nitrogens is 3. The fourth-order valence-electron chi connectivity index (χ4n) is 6.88. The van der Waals surface area contributed by atoms with E-state index in [1.165, 1.54) is 18.2 Å². The minimum atomic E-state index is -1.08. The van der Waals surface area contributed by atoms with Gasteiger partial charge in [-0.1, -0.05) is 29.3 Å². The van der Waals surface area contributed by atoms with E-state index in [2.05, 4.69) is 20.7 Å². The number of halogens is 3. The number of hydrogen-bond acceptors (Lipinski definition) is 10. The second-order valence-corrected chi connectivity index (χ2v) is 13.8. The van der Waals surface area contributed by atoms with Gasteiger partial charge in [-0.3, -0.25) is 38.9 Å². The first kappa shape index (κ1) is 35.8. The molecule has 274 valence electrons. The Hall–Kier alpha value is -5.54. The van der Waals surface area contributed by atoms with Crippen molar-refractivity contribution in [1.29, 1.82) is 0 Å². The molecule has 14 nitrogen and oxygen atoms in total. The van der Waals surface area contributed by atoms with Gasteiger partial charge in [0, 0.05) is 59.3 Å².